The molecule has 1 saturated heterocycles. The van der Waals surface area contributed by atoms with Crippen LogP contribution in [0.25, 0.3) is 0 Å². The van der Waals surface area contributed by atoms with E-state index in [1.165, 1.54) is 16.9 Å². The van der Waals surface area contributed by atoms with Crippen molar-refractivity contribution in [2.45, 2.75) is 45.7 Å². The van der Waals surface area contributed by atoms with Gasteiger partial charge in [-0.2, -0.15) is 0 Å². The highest BCUT2D eigenvalue weighted by Gasteiger charge is 2.34. The van der Waals surface area contributed by atoms with Crippen molar-refractivity contribution in [1.82, 2.24) is 0 Å². The number of likely N-dealkylation sites (tertiary alicyclic amines) is 1. The maximum absolute atomic E-state index is 12.1. The van der Waals surface area contributed by atoms with Crippen molar-refractivity contribution in [3.63, 3.8) is 0 Å². The number of esters is 1. The first-order valence-electron chi connectivity index (χ1n) is 7.98. The summed E-state index contributed by atoms with van der Waals surface area (Å²) in [7, 11) is 0. The van der Waals surface area contributed by atoms with Gasteiger partial charge in [-0.25, -0.2) is 4.79 Å². The lowest BCUT2D eigenvalue weighted by molar-refractivity contribution is -0.935. The van der Waals surface area contributed by atoms with Crippen molar-refractivity contribution in [1.29, 1.82) is 0 Å². The van der Waals surface area contributed by atoms with Gasteiger partial charge in [-0.1, -0.05) is 12.1 Å². The summed E-state index contributed by atoms with van der Waals surface area (Å²) in [6, 6.07) is 8.08. The van der Waals surface area contributed by atoms with Gasteiger partial charge in [0.25, 0.3) is 0 Å². The number of para-hydroxylation sites is 1. The molecule has 0 amide bonds. The summed E-state index contributed by atoms with van der Waals surface area (Å²) in [5.41, 5.74) is 1.17. The zero-order chi connectivity index (χ0) is 15.1. The third kappa shape index (κ3) is 4.21. The van der Waals surface area contributed by atoms with E-state index in [1.54, 1.807) is 0 Å². The van der Waals surface area contributed by atoms with E-state index in [9.17, 15) is 4.79 Å². The summed E-state index contributed by atoms with van der Waals surface area (Å²) in [5, 5.41) is 0. The fraction of sp³-hybridized carbons (Fsp3) is 0.588. The molecule has 2 rings (SSSR count). The van der Waals surface area contributed by atoms with Gasteiger partial charge in [-0.15, -0.1) is 0 Å². The molecule has 21 heavy (non-hydrogen) atoms. The molecule has 1 heterocycles. The molecule has 0 radical (unpaired) electrons. The summed E-state index contributed by atoms with van der Waals surface area (Å²) in [4.78, 5) is 13.4. The number of hydrogen-bond acceptors (Lipinski definition) is 3. The average Bonchev–Trinajstić information content (AvgIpc) is 2.50. The zero-order valence-corrected chi connectivity index (χ0v) is 13.1. The van der Waals surface area contributed by atoms with Crippen LogP contribution in [0, 0.1) is 0 Å². The highest BCUT2D eigenvalue weighted by Crippen LogP contribution is 2.17. The molecule has 2 atom stereocenters. The number of quaternary nitrogens is 1. The Balaban J connectivity index is 2.10. The number of rotatable bonds is 6. The second kappa shape index (κ2) is 8.03. The van der Waals surface area contributed by atoms with Gasteiger partial charge in [0, 0.05) is 12.0 Å². The van der Waals surface area contributed by atoms with Crippen LogP contribution in [0.15, 0.2) is 24.3 Å². The molecule has 116 valence electrons. The van der Waals surface area contributed by atoms with E-state index in [0.29, 0.717) is 13.2 Å². The van der Waals surface area contributed by atoms with E-state index in [0.717, 1.165) is 31.7 Å². The molecule has 1 N–H and O–H groups in total. The van der Waals surface area contributed by atoms with Gasteiger partial charge in [-0.05, 0) is 38.8 Å². The molecule has 1 unspecified atom stereocenters. The normalized spacial score (nSPS) is 21.8. The van der Waals surface area contributed by atoms with Crippen molar-refractivity contribution in [3.8, 4) is 5.75 Å². The summed E-state index contributed by atoms with van der Waals surface area (Å²) in [6.07, 6.45) is 3.20. The molecule has 0 aliphatic carbocycles. The Hall–Kier alpha value is -1.55. The minimum Gasteiger partial charge on any atom is -0.493 e. The molecule has 1 fully saturated rings. The summed E-state index contributed by atoms with van der Waals surface area (Å²) in [5.74, 6) is 0.877. The predicted octanol–water partition coefficient (Wildman–Crippen LogP) is 1.59. The van der Waals surface area contributed by atoms with Crippen LogP contribution in [0.4, 0.5) is 0 Å². The highest BCUT2D eigenvalue weighted by atomic mass is 16.5. The Labute approximate surface area is 127 Å². The fourth-order valence-electron chi connectivity index (χ4n) is 3.01. The van der Waals surface area contributed by atoms with Crippen molar-refractivity contribution >= 4 is 5.97 Å². The number of carbonyl (C=O) groups is 1. The van der Waals surface area contributed by atoms with Crippen LogP contribution in [0.1, 0.15) is 38.7 Å². The third-order valence-electron chi connectivity index (χ3n) is 3.99. The molecular weight excluding hydrogens is 266 g/mol. The smallest absolute Gasteiger partial charge is 0.364 e. The van der Waals surface area contributed by atoms with E-state index in [1.807, 2.05) is 32.0 Å². The second-order valence-corrected chi connectivity index (χ2v) is 5.43. The second-order valence-electron chi connectivity index (χ2n) is 5.43. The van der Waals surface area contributed by atoms with Crippen LogP contribution in [0.5, 0.6) is 5.75 Å². The maximum atomic E-state index is 12.1. The molecule has 1 aromatic rings. The van der Waals surface area contributed by atoms with E-state index >= 15 is 0 Å². The lowest BCUT2D eigenvalue weighted by Gasteiger charge is -2.31. The summed E-state index contributed by atoms with van der Waals surface area (Å²) < 4.78 is 10.9. The Morgan fingerprint density at radius 2 is 2.05 bits per heavy atom. The molecular formula is C17H26NO3+. The molecule has 0 bridgehead atoms. The fourth-order valence-corrected chi connectivity index (χ4v) is 3.01. The number of piperidine rings is 1. The van der Waals surface area contributed by atoms with E-state index in [4.69, 9.17) is 9.47 Å². The van der Waals surface area contributed by atoms with Crippen molar-refractivity contribution < 1.29 is 19.2 Å². The molecule has 1 aliphatic heterocycles. The molecule has 0 saturated carbocycles. The Kier molecular flexibility index (Phi) is 6.05. The Bertz CT molecular complexity index is 461. The molecule has 0 aromatic heterocycles. The van der Waals surface area contributed by atoms with Crippen LogP contribution < -0.4 is 9.64 Å². The minimum absolute atomic E-state index is 0.0339. The quantitative estimate of drug-likeness (QED) is 0.809. The predicted molar refractivity (Wildman–Crippen MR) is 81.4 cm³/mol. The molecule has 1 aliphatic rings. The largest absolute Gasteiger partial charge is 0.493 e. The van der Waals surface area contributed by atoms with Crippen LogP contribution in [-0.2, 0) is 16.1 Å². The van der Waals surface area contributed by atoms with Gasteiger partial charge in [-0.3, -0.25) is 0 Å². The van der Waals surface area contributed by atoms with E-state index in [-0.39, 0.29) is 12.0 Å². The standard InChI is InChI=1S/C17H25NO3/c1-3-20-16-11-6-5-9-14(16)13-18-12-8-7-10-15(18)17(19)21-4-2/h5-6,9,11,15H,3-4,7-8,10,12-13H2,1-2H3/p+1/t15-/m0/s1. The summed E-state index contributed by atoms with van der Waals surface area (Å²) >= 11 is 0. The van der Waals surface area contributed by atoms with Gasteiger partial charge >= 0.3 is 5.97 Å². The van der Waals surface area contributed by atoms with Crippen LogP contribution >= 0.6 is 0 Å². The van der Waals surface area contributed by atoms with E-state index < -0.39 is 0 Å². The molecule has 4 heteroatoms. The molecule has 1 aromatic carbocycles. The summed E-state index contributed by atoms with van der Waals surface area (Å²) in [6.45, 7) is 6.81. The lowest BCUT2D eigenvalue weighted by atomic mass is 10.0. The Morgan fingerprint density at radius 3 is 2.81 bits per heavy atom. The van der Waals surface area contributed by atoms with Gasteiger partial charge in [0.15, 0.2) is 6.04 Å². The maximum Gasteiger partial charge on any atom is 0.364 e. The monoisotopic (exact) mass is 292 g/mol. The first-order chi connectivity index (χ1) is 10.3. The van der Waals surface area contributed by atoms with Gasteiger partial charge < -0.3 is 14.4 Å². The topological polar surface area (TPSA) is 40.0 Å². The molecule has 4 nitrogen and oxygen atoms in total. The van der Waals surface area contributed by atoms with Gasteiger partial charge in [0.05, 0.1) is 19.8 Å². The number of benzene rings is 1. The SMILES string of the molecule is CCOC(=O)[C@@H]1CCCC[NH+]1Cc1ccccc1OCC. The van der Waals surface area contributed by atoms with Crippen molar-refractivity contribution in [3.05, 3.63) is 29.8 Å². The van der Waals surface area contributed by atoms with Crippen LogP contribution in [0.3, 0.4) is 0 Å². The highest BCUT2D eigenvalue weighted by molar-refractivity contribution is 5.74. The number of carbonyl (C=O) groups excluding carboxylic acids is 1. The number of nitrogens with one attached hydrogen (secondary N) is 1. The third-order valence-corrected chi connectivity index (χ3v) is 3.99. The van der Waals surface area contributed by atoms with E-state index in [2.05, 4.69) is 6.07 Å². The first kappa shape index (κ1) is 15.8. The number of ether oxygens (including phenoxy) is 2. The van der Waals surface area contributed by atoms with Crippen LogP contribution in [0.2, 0.25) is 0 Å². The first-order valence-corrected chi connectivity index (χ1v) is 7.98. The Morgan fingerprint density at radius 1 is 1.24 bits per heavy atom. The molecule has 0 spiro atoms. The van der Waals surface area contributed by atoms with Crippen molar-refractivity contribution in [2.24, 2.45) is 0 Å². The zero-order valence-electron chi connectivity index (χ0n) is 13.1. The van der Waals surface area contributed by atoms with Crippen LogP contribution in [-0.4, -0.2) is 31.8 Å². The average molecular weight is 292 g/mol. The van der Waals surface area contributed by atoms with Gasteiger partial charge in [0.2, 0.25) is 0 Å². The minimum atomic E-state index is -0.0545. The lowest BCUT2D eigenvalue weighted by Crippen LogP contribution is -3.16. The number of hydrogen-bond donors (Lipinski definition) is 1. The van der Waals surface area contributed by atoms with Gasteiger partial charge in [0.1, 0.15) is 12.3 Å². The van der Waals surface area contributed by atoms with Crippen molar-refractivity contribution in [2.75, 3.05) is 19.8 Å².